The molecular weight excluding hydrogens is 334 g/mol. The molecule has 0 saturated carbocycles. The van der Waals surface area contributed by atoms with Crippen molar-refractivity contribution in [3.8, 4) is 0 Å². The molecule has 0 amide bonds. The van der Waals surface area contributed by atoms with Crippen LogP contribution in [0.2, 0.25) is 5.15 Å². The Labute approximate surface area is 143 Å². The average Bonchev–Trinajstić information content (AvgIpc) is 3.12. The van der Waals surface area contributed by atoms with Crippen LogP contribution in [0.25, 0.3) is 11.2 Å². The third-order valence-electron chi connectivity index (χ3n) is 4.33. The summed E-state index contributed by atoms with van der Waals surface area (Å²) in [4.78, 5) is 12.5. The lowest BCUT2D eigenvalue weighted by molar-refractivity contribution is -0.148. The van der Waals surface area contributed by atoms with Gasteiger partial charge in [-0.15, -0.1) is 0 Å². The number of ether oxygens (including phenoxy) is 2. The quantitative estimate of drug-likeness (QED) is 0.636. The third kappa shape index (κ3) is 2.37. The SMILES string of the molecule is CC1(C)O[C@@H]2[C@H](O1)C(CCO)=C[C@H]2n1cnc2c(Cl)nc(N)nc21. The van der Waals surface area contributed by atoms with Crippen LogP contribution in [-0.2, 0) is 9.47 Å². The first-order valence-corrected chi connectivity index (χ1v) is 8.10. The molecular formula is C15H18ClN5O3. The van der Waals surface area contributed by atoms with Crippen molar-refractivity contribution in [3.05, 3.63) is 23.1 Å². The number of aliphatic hydroxyl groups excluding tert-OH is 1. The molecule has 0 spiro atoms. The fraction of sp³-hybridized carbons (Fsp3) is 0.533. The van der Waals surface area contributed by atoms with Gasteiger partial charge in [-0.2, -0.15) is 9.97 Å². The number of aromatic nitrogens is 4. The summed E-state index contributed by atoms with van der Waals surface area (Å²) in [6.45, 7) is 3.81. The van der Waals surface area contributed by atoms with Crippen LogP contribution in [0.1, 0.15) is 26.3 Å². The fourth-order valence-electron chi connectivity index (χ4n) is 3.44. The Morgan fingerprint density at radius 3 is 2.92 bits per heavy atom. The third-order valence-corrected chi connectivity index (χ3v) is 4.60. The number of nitrogen functional groups attached to an aromatic ring is 1. The molecule has 3 N–H and O–H groups in total. The van der Waals surface area contributed by atoms with Crippen molar-refractivity contribution < 1.29 is 14.6 Å². The number of hydrogen-bond acceptors (Lipinski definition) is 7. The lowest BCUT2D eigenvalue weighted by Gasteiger charge is -2.21. The molecule has 0 bridgehead atoms. The van der Waals surface area contributed by atoms with Gasteiger partial charge >= 0.3 is 0 Å². The average molecular weight is 352 g/mol. The molecule has 3 atom stereocenters. The van der Waals surface area contributed by atoms with E-state index in [4.69, 9.17) is 26.8 Å². The largest absolute Gasteiger partial charge is 0.396 e. The van der Waals surface area contributed by atoms with Gasteiger partial charge in [0.2, 0.25) is 5.95 Å². The van der Waals surface area contributed by atoms with Gasteiger partial charge in [0.15, 0.2) is 16.6 Å². The van der Waals surface area contributed by atoms with Crippen molar-refractivity contribution in [2.24, 2.45) is 0 Å². The van der Waals surface area contributed by atoms with Crippen LogP contribution in [0.5, 0.6) is 0 Å². The molecule has 4 rings (SSSR count). The van der Waals surface area contributed by atoms with Crippen molar-refractivity contribution >= 4 is 28.7 Å². The zero-order valence-corrected chi connectivity index (χ0v) is 14.1. The minimum Gasteiger partial charge on any atom is -0.396 e. The molecule has 2 aromatic rings. The minimum absolute atomic E-state index is 0.0528. The Balaban J connectivity index is 1.81. The summed E-state index contributed by atoms with van der Waals surface area (Å²) in [5, 5.41) is 9.54. The molecule has 0 unspecified atom stereocenters. The van der Waals surface area contributed by atoms with Crippen LogP contribution in [0, 0.1) is 0 Å². The molecule has 9 heteroatoms. The molecule has 0 aromatic carbocycles. The van der Waals surface area contributed by atoms with E-state index in [-0.39, 0.29) is 36.0 Å². The Morgan fingerprint density at radius 2 is 2.17 bits per heavy atom. The number of anilines is 1. The van der Waals surface area contributed by atoms with Crippen molar-refractivity contribution in [3.63, 3.8) is 0 Å². The van der Waals surface area contributed by atoms with E-state index < -0.39 is 5.79 Å². The molecule has 2 aliphatic rings. The van der Waals surface area contributed by atoms with Crippen LogP contribution in [0.4, 0.5) is 5.95 Å². The van der Waals surface area contributed by atoms with Gasteiger partial charge in [0, 0.05) is 6.61 Å². The van der Waals surface area contributed by atoms with Crippen LogP contribution in [0.3, 0.4) is 0 Å². The number of nitrogens with zero attached hydrogens (tertiary/aromatic N) is 4. The van der Waals surface area contributed by atoms with Gasteiger partial charge in [0.25, 0.3) is 0 Å². The van der Waals surface area contributed by atoms with E-state index in [0.717, 1.165) is 5.57 Å². The summed E-state index contributed by atoms with van der Waals surface area (Å²) in [7, 11) is 0. The smallest absolute Gasteiger partial charge is 0.223 e. The van der Waals surface area contributed by atoms with Crippen LogP contribution in [-0.4, -0.2) is 49.2 Å². The lowest BCUT2D eigenvalue weighted by Crippen LogP contribution is -2.28. The first-order chi connectivity index (χ1) is 11.4. The lowest BCUT2D eigenvalue weighted by atomic mass is 10.1. The number of imidazole rings is 1. The zero-order valence-electron chi connectivity index (χ0n) is 13.3. The Bertz CT molecular complexity index is 834. The maximum atomic E-state index is 9.33. The number of nitrogens with two attached hydrogens (primary N) is 1. The highest BCUT2D eigenvalue weighted by atomic mass is 35.5. The number of aliphatic hydroxyl groups is 1. The second kappa shape index (κ2) is 5.38. The highest BCUT2D eigenvalue weighted by Gasteiger charge is 2.50. The molecule has 1 saturated heterocycles. The summed E-state index contributed by atoms with van der Waals surface area (Å²) in [6.07, 6.45) is 3.79. The molecule has 3 heterocycles. The van der Waals surface area contributed by atoms with Gasteiger partial charge in [-0.25, -0.2) is 4.98 Å². The Hall–Kier alpha value is -1.74. The standard InChI is InChI=1S/C15H18ClN5O3/c1-15(2)23-10-7(3-4-22)5-8(11(10)24-15)21-6-18-9-12(16)19-14(17)20-13(9)21/h5-6,8,10-11,22H,3-4H2,1-2H3,(H2,17,19,20)/t8-,10-,11+/m1/s1. The molecule has 1 aliphatic carbocycles. The maximum absolute atomic E-state index is 9.33. The minimum atomic E-state index is -0.690. The predicted octanol–water partition coefficient (Wildman–Crippen LogP) is 1.45. The van der Waals surface area contributed by atoms with Crippen LogP contribution in [0.15, 0.2) is 18.0 Å². The number of rotatable bonds is 3. The molecule has 2 aromatic heterocycles. The Morgan fingerprint density at radius 1 is 1.38 bits per heavy atom. The molecule has 8 nitrogen and oxygen atoms in total. The van der Waals surface area contributed by atoms with Crippen LogP contribution >= 0.6 is 11.6 Å². The molecule has 128 valence electrons. The van der Waals surface area contributed by atoms with Crippen molar-refractivity contribution in [2.45, 2.75) is 44.3 Å². The van der Waals surface area contributed by atoms with Gasteiger partial charge in [-0.05, 0) is 25.8 Å². The summed E-state index contributed by atoms with van der Waals surface area (Å²) < 4.78 is 14.0. The summed E-state index contributed by atoms with van der Waals surface area (Å²) in [5.41, 5.74) is 7.77. The number of hydrogen-bond donors (Lipinski definition) is 2. The monoisotopic (exact) mass is 351 g/mol. The van der Waals surface area contributed by atoms with E-state index in [1.54, 1.807) is 6.33 Å². The van der Waals surface area contributed by atoms with Gasteiger partial charge < -0.3 is 24.9 Å². The van der Waals surface area contributed by atoms with E-state index >= 15 is 0 Å². The first kappa shape index (κ1) is 15.8. The van der Waals surface area contributed by atoms with Crippen molar-refractivity contribution in [2.75, 3.05) is 12.3 Å². The normalized spacial score (nSPS) is 28.3. The predicted molar refractivity (Wildman–Crippen MR) is 87.4 cm³/mol. The topological polar surface area (TPSA) is 108 Å². The van der Waals surface area contributed by atoms with E-state index in [1.807, 2.05) is 24.5 Å². The maximum Gasteiger partial charge on any atom is 0.223 e. The van der Waals surface area contributed by atoms with E-state index in [9.17, 15) is 5.11 Å². The highest BCUT2D eigenvalue weighted by Crippen LogP contribution is 2.44. The number of halogens is 1. The molecule has 1 fully saturated rings. The molecule has 1 aliphatic heterocycles. The van der Waals surface area contributed by atoms with Crippen LogP contribution < -0.4 is 5.73 Å². The highest BCUT2D eigenvalue weighted by molar-refractivity contribution is 6.33. The van der Waals surface area contributed by atoms with Gasteiger partial charge in [0.1, 0.15) is 17.7 Å². The van der Waals surface area contributed by atoms with Crippen molar-refractivity contribution in [1.82, 2.24) is 19.5 Å². The summed E-state index contributed by atoms with van der Waals surface area (Å²) in [6, 6.07) is -0.173. The summed E-state index contributed by atoms with van der Waals surface area (Å²) in [5.74, 6) is -0.600. The van der Waals surface area contributed by atoms with E-state index in [1.165, 1.54) is 0 Å². The van der Waals surface area contributed by atoms with E-state index in [0.29, 0.717) is 17.6 Å². The van der Waals surface area contributed by atoms with Gasteiger partial charge in [-0.3, -0.25) is 0 Å². The fourth-order valence-corrected chi connectivity index (χ4v) is 3.66. The Kier molecular flexibility index (Phi) is 3.54. The van der Waals surface area contributed by atoms with Gasteiger partial charge in [0.05, 0.1) is 12.4 Å². The van der Waals surface area contributed by atoms with E-state index in [2.05, 4.69) is 15.0 Å². The molecule has 24 heavy (non-hydrogen) atoms. The summed E-state index contributed by atoms with van der Waals surface area (Å²) >= 11 is 6.11. The van der Waals surface area contributed by atoms with Gasteiger partial charge in [-0.1, -0.05) is 17.7 Å². The first-order valence-electron chi connectivity index (χ1n) is 7.72. The second-order valence-electron chi connectivity index (χ2n) is 6.42. The number of fused-ring (bicyclic) bond motifs is 2. The zero-order chi connectivity index (χ0) is 17.1. The molecule has 0 radical (unpaired) electrons. The second-order valence-corrected chi connectivity index (χ2v) is 6.78. The van der Waals surface area contributed by atoms with Crippen molar-refractivity contribution in [1.29, 1.82) is 0 Å².